The third kappa shape index (κ3) is 3.45. The zero-order valence-corrected chi connectivity index (χ0v) is 11.9. The van der Waals surface area contributed by atoms with E-state index < -0.39 is 0 Å². The van der Waals surface area contributed by atoms with Gasteiger partial charge in [-0.3, -0.25) is 4.90 Å². The van der Waals surface area contributed by atoms with Crippen LogP contribution < -0.4 is 5.32 Å². The summed E-state index contributed by atoms with van der Waals surface area (Å²) in [5.74, 6) is 1.93. The molecule has 1 heterocycles. The van der Waals surface area contributed by atoms with Crippen LogP contribution in [0.5, 0.6) is 0 Å². The van der Waals surface area contributed by atoms with Gasteiger partial charge in [0.1, 0.15) is 0 Å². The molecule has 17 heavy (non-hydrogen) atoms. The normalized spacial score (nSPS) is 34.2. The maximum Gasteiger partial charge on any atom is 0.0136 e. The van der Waals surface area contributed by atoms with Crippen LogP contribution in [0.25, 0.3) is 0 Å². The van der Waals surface area contributed by atoms with Crippen molar-refractivity contribution in [3.05, 3.63) is 0 Å². The number of likely N-dealkylation sites (tertiary alicyclic amines) is 1. The lowest BCUT2D eigenvalue weighted by Gasteiger charge is -2.43. The summed E-state index contributed by atoms with van der Waals surface area (Å²) in [5, 5.41) is 3.61. The number of rotatable bonds is 6. The quantitative estimate of drug-likeness (QED) is 0.765. The molecule has 0 aromatic carbocycles. The predicted octanol–water partition coefficient (Wildman–Crippen LogP) is 2.89. The first kappa shape index (κ1) is 13.4. The number of hydrogen-bond donors (Lipinski definition) is 1. The van der Waals surface area contributed by atoms with Crippen LogP contribution in [0.15, 0.2) is 0 Å². The summed E-state index contributed by atoms with van der Waals surface area (Å²) >= 11 is 0. The van der Waals surface area contributed by atoms with E-state index in [1.165, 1.54) is 51.7 Å². The fraction of sp³-hybridized carbons (Fsp3) is 1.00. The van der Waals surface area contributed by atoms with E-state index in [4.69, 9.17) is 0 Å². The fourth-order valence-electron chi connectivity index (χ4n) is 3.47. The molecule has 100 valence electrons. The van der Waals surface area contributed by atoms with E-state index in [2.05, 4.69) is 31.0 Å². The first-order valence-electron chi connectivity index (χ1n) is 7.68. The second-order valence-corrected chi connectivity index (χ2v) is 6.41. The molecule has 2 nitrogen and oxygen atoms in total. The molecular formula is C15H30N2. The Morgan fingerprint density at radius 2 is 2.06 bits per heavy atom. The molecule has 3 unspecified atom stereocenters. The minimum Gasteiger partial charge on any atom is -0.314 e. The Labute approximate surface area is 107 Å². The van der Waals surface area contributed by atoms with Crippen molar-refractivity contribution in [2.24, 2.45) is 11.8 Å². The zero-order valence-electron chi connectivity index (χ0n) is 11.9. The Hall–Kier alpha value is -0.0800. The van der Waals surface area contributed by atoms with Crippen molar-refractivity contribution in [1.82, 2.24) is 10.2 Å². The highest BCUT2D eigenvalue weighted by atomic mass is 15.2. The van der Waals surface area contributed by atoms with Gasteiger partial charge in [-0.1, -0.05) is 27.2 Å². The second kappa shape index (κ2) is 6.19. The Morgan fingerprint density at radius 1 is 1.24 bits per heavy atom. The largest absolute Gasteiger partial charge is 0.314 e. The van der Waals surface area contributed by atoms with E-state index in [1.54, 1.807) is 0 Å². The van der Waals surface area contributed by atoms with Crippen LogP contribution in [0.4, 0.5) is 0 Å². The highest BCUT2D eigenvalue weighted by molar-refractivity contribution is 4.93. The smallest absolute Gasteiger partial charge is 0.0136 e. The minimum atomic E-state index is 0.641. The van der Waals surface area contributed by atoms with Gasteiger partial charge in [0.25, 0.3) is 0 Å². The van der Waals surface area contributed by atoms with Crippen LogP contribution in [-0.4, -0.2) is 36.6 Å². The maximum absolute atomic E-state index is 3.61. The Morgan fingerprint density at radius 3 is 2.65 bits per heavy atom. The summed E-state index contributed by atoms with van der Waals surface area (Å²) in [7, 11) is 0. The van der Waals surface area contributed by atoms with E-state index in [1.807, 2.05) is 0 Å². The molecule has 0 aromatic heterocycles. The highest BCUT2D eigenvalue weighted by Crippen LogP contribution is 2.35. The van der Waals surface area contributed by atoms with Crippen molar-refractivity contribution in [3.63, 3.8) is 0 Å². The van der Waals surface area contributed by atoms with Crippen LogP contribution in [0.1, 0.15) is 52.9 Å². The van der Waals surface area contributed by atoms with E-state index in [-0.39, 0.29) is 0 Å². The molecule has 0 bridgehead atoms. The van der Waals surface area contributed by atoms with Gasteiger partial charge in [0.2, 0.25) is 0 Å². The summed E-state index contributed by atoms with van der Waals surface area (Å²) in [6, 6.07) is 1.55. The van der Waals surface area contributed by atoms with Crippen molar-refractivity contribution in [1.29, 1.82) is 0 Å². The topological polar surface area (TPSA) is 15.3 Å². The molecule has 2 rings (SSSR count). The summed E-state index contributed by atoms with van der Waals surface area (Å²) < 4.78 is 0. The van der Waals surface area contributed by atoms with Crippen LogP contribution >= 0.6 is 0 Å². The summed E-state index contributed by atoms with van der Waals surface area (Å²) in [6.45, 7) is 10.8. The van der Waals surface area contributed by atoms with Gasteiger partial charge in [0.15, 0.2) is 0 Å². The van der Waals surface area contributed by atoms with Gasteiger partial charge < -0.3 is 5.32 Å². The third-order valence-corrected chi connectivity index (χ3v) is 4.65. The Kier molecular flexibility index (Phi) is 4.87. The van der Waals surface area contributed by atoms with Crippen molar-refractivity contribution >= 4 is 0 Å². The fourth-order valence-corrected chi connectivity index (χ4v) is 3.47. The number of hydrogen-bond acceptors (Lipinski definition) is 2. The molecule has 0 spiro atoms. The molecule has 1 saturated heterocycles. The molecule has 0 radical (unpaired) electrons. The van der Waals surface area contributed by atoms with Gasteiger partial charge in [0.05, 0.1) is 0 Å². The summed E-state index contributed by atoms with van der Waals surface area (Å²) in [6.07, 6.45) is 7.15. The van der Waals surface area contributed by atoms with E-state index in [0.717, 1.165) is 17.9 Å². The number of nitrogens with one attached hydrogen (secondary N) is 1. The molecule has 1 N–H and O–H groups in total. The van der Waals surface area contributed by atoms with Gasteiger partial charge in [-0.2, -0.15) is 0 Å². The van der Waals surface area contributed by atoms with Gasteiger partial charge in [-0.25, -0.2) is 0 Å². The van der Waals surface area contributed by atoms with E-state index in [0.29, 0.717) is 6.04 Å². The monoisotopic (exact) mass is 238 g/mol. The predicted molar refractivity (Wildman–Crippen MR) is 74.2 cm³/mol. The standard InChI is InChI=1S/C15H30N2/c1-4-5-13-8-9-17(11-13)15-7-6-14(15)10-16-12(2)3/h12-16H,4-11H2,1-3H3. The Balaban J connectivity index is 1.72. The van der Waals surface area contributed by atoms with Gasteiger partial charge in [-0.15, -0.1) is 0 Å². The molecule has 3 atom stereocenters. The average molecular weight is 238 g/mol. The average Bonchev–Trinajstić information content (AvgIpc) is 2.65. The molecule has 0 aromatic rings. The van der Waals surface area contributed by atoms with Gasteiger partial charge >= 0.3 is 0 Å². The molecule has 1 saturated carbocycles. The van der Waals surface area contributed by atoms with Crippen LogP contribution in [0.2, 0.25) is 0 Å². The molecule has 2 fully saturated rings. The van der Waals surface area contributed by atoms with E-state index >= 15 is 0 Å². The lowest BCUT2D eigenvalue weighted by Crippen LogP contribution is -2.50. The van der Waals surface area contributed by atoms with Crippen molar-refractivity contribution in [2.75, 3.05) is 19.6 Å². The molecule has 1 aliphatic carbocycles. The van der Waals surface area contributed by atoms with Crippen molar-refractivity contribution in [3.8, 4) is 0 Å². The van der Waals surface area contributed by atoms with Crippen LogP contribution in [0, 0.1) is 11.8 Å². The first-order chi connectivity index (χ1) is 8.20. The molecule has 2 heteroatoms. The zero-order chi connectivity index (χ0) is 12.3. The lowest BCUT2D eigenvalue weighted by molar-refractivity contribution is 0.0774. The summed E-state index contributed by atoms with van der Waals surface area (Å²) in [5.41, 5.74) is 0. The molecule has 2 aliphatic rings. The number of nitrogens with zero attached hydrogens (tertiary/aromatic N) is 1. The minimum absolute atomic E-state index is 0.641. The maximum atomic E-state index is 3.61. The molecule has 0 amide bonds. The Bertz CT molecular complexity index is 227. The molecular weight excluding hydrogens is 208 g/mol. The molecule has 1 aliphatic heterocycles. The van der Waals surface area contributed by atoms with E-state index in [9.17, 15) is 0 Å². The van der Waals surface area contributed by atoms with Crippen molar-refractivity contribution < 1.29 is 0 Å². The van der Waals surface area contributed by atoms with Crippen LogP contribution in [-0.2, 0) is 0 Å². The second-order valence-electron chi connectivity index (χ2n) is 6.41. The highest BCUT2D eigenvalue weighted by Gasteiger charge is 2.38. The van der Waals surface area contributed by atoms with Gasteiger partial charge in [0, 0.05) is 18.6 Å². The van der Waals surface area contributed by atoms with Crippen LogP contribution in [0.3, 0.4) is 0 Å². The summed E-state index contributed by atoms with van der Waals surface area (Å²) in [4.78, 5) is 2.79. The first-order valence-corrected chi connectivity index (χ1v) is 7.68. The van der Waals surface area contributed by atoms with Gasteiger partial charge in [-0.05, 0) is 50.6 Å². The third-order valence-electron chi connectivity index (χ3n) is 4.65. The lowest BCUT2D eigenvalue weighted by atomic mass is 9.78. The van der Waals surface area contributed by atoms with Crippen molar-refractivity contribution in [2.45, 2.75) is 65.0 Å². The SMILES string of the molecule is CCCC1CCN(C2CCC2CNC(C)C)C1.